The Kier molecular flexibility index (Phi) is 12.9. The highest BCUT2D eigenvalue weighted by Gasteiger charge is 2.23. The van der Waals surface area contributed by atoms with Crippen molar-refractivity contribution in [3.05, 3.63) is 47.0 Å². The third kappa shape index (κ3) is 8.74. The van der Waals surface area contributed by atoms with Crippen LogP contribution in [0, 0.1) is 0 Å². The van der Waals surface area contributed by atoms with Crippen molar-refractivity contribution >= 4 is 35.4 Å². The summed E-state index contributed by atoms with van der Waals surface area (Å²) in [6.45, 7) is 4.13. The number of benzene rings is 1. The topological polar surface area (TPSA) is 67.4 Å². The number of allylic oxidation sites excluding steroid dienone is 1. The van der Waals surface area contributed by atoms with Gasteiger partial charge < -0.3 is 15.4 Å². The normalized spacial score (nSPS) is 13.4. The van der Waals surface area contributed by atoms with Gasteiger partial charge in [0.15, 0.2) is 0 Å². The summed E-state index contributed by atoms with van der Waals surface area (Å²) in [4.78, 5) is 25.2. The Morgan fingerprint density at radius 2 is 1.93 bits per heavy atom. The van der Waals surface area contributed by atoms with Gasteiger partial charge in [-0.1, -0.05) is 38.1 Å². The lowest BCUT2D eigenvalue weighted by atomic mass is 9.93. The molecule has 30 heavy (non-hydrogen) atoms. The van der Waals surface area contributed by atoms with Gasteiger partial charge in [-0.15, -0.1) is 0 Å². The number of likely N-dealkylation sites (N-methyl/N-ethyl adjacent to an activating group) is 1. The first-order valence-electron chi connectivity index (χ1n) is 10.2. The summed E-state index contributed by atoms with van der Waals surface area (Å²) in [5, 5.41) is 6.16. The third-order valence-corrected chi connectivity index (χ3v) is 6.16. The molecule has 5 nitrogen and oxygen atoms in total. The molecule has 0 saturated heterocycles. The number of amides is 1. The van der Waals surface area contributed by atoms with Gasteiger partial charge in [0.2, 0.25) is 0 Å². The van der Waals surface area contributed by atoms with E-state index in [1.165, 1.54) is 7.11 Å². The lowest BCUT2D eigenvalue weighted by Gasteiger charge is -2.19. The quantitative estimate of drug-likeness (QED) is 0.350. The number of methoxy groups -OCH3 is 1. The van der Waals surface area contributed by atoms with Gasteiger partial charge in [0, 0.05) is 17.4 Å². The fraction of sp³-hybridized carbons (Fsp3) is 0.565. The highest BCUT2D eigenvalue weighted by atomic mass is 32.2. The van der Waals surface area contributed by atoms with E-state index in [2.05, 4.69) is 49.0 Å². The summed E-state index contributed by atoms with van der Waals surface area (Å²) in [5.74, 6) is 1.35. The van der Waals surface area contributed by atoms with Crippen molar-refractivity contribution in [1.29, 1.82) is 0 Å². The third-order valence-electron chi connectivity index (χ3n) is 4.82. The van der Waals surface area contributed by atoms with Gasteiger partial charge in [0.05, 0.1) is 7.11 Å². The molecule has 0 aliphatic carbocycles. The molecule has 0 radical (unpaired) electrons. The van der Waals surface area contributed by atoms with Gasteiger partial charge in [-0.3, -0.25) is 4.79 Å². The average molecular weight is 453 g/mol. The molecule has 0 aliphatic heterocycles. The monoisotopic (exact) mass is 452 g/mol. The average Bonchev–Trinajstić information content (AvgIpc) is 2.74. The van der Waals surface area contributed by atoms with E-state index in [4.69, 9.17) is 4.74 Å². The zero-order chi connectivity index (χ0) is 22.5. The van der Waals surface area contributed by atoms with Crippen LogP contribution in [0.1, 0.15) is 47.7 Å². The molecule has 2 atom stereocenters. The maximum absolute atomic E-state index is 13.1. The number of carbonyl (C=O) groups excluding carboxylic acids is 2. The molecular formula is C23H36N2O3S2. The van der Waals surface area contributed by atoms with Crippen LogP contribution in [-0.2, 0) is 16.0 Å². The molecule has 168 valence electrons. The molecule has 1 aromatic carbocycles. The van der Waals surface area contributed by atoms with Gasteiger partial charge in [0.25, 0.3) is 5.91 Å². The zero-order valence-corrected chi connectivity index (χ0v) is 20.6. The molecule has 0 aromatic heterocycles. The maximum atomic E-state index is 13.1. The number of esters is 1. The van der Waals surface area contributed by atoms with E-state index < -0.39 is 12.0 Å². The molecule has 1 rings (SSSR count). The van der Waals surface area contributed by atoms with Crippen molar-refractivity contribution < 1.29 is 14.3 Å². The SMILES string of the molecule is CN[C@H](/C=C/Cc1ccc(C(C)C)c(C(=O)N[C@@H](CCSC)C(=O)OC)c1)CSC. The number of thioether (sulfide) groups is 2. The van der Waals surface area contributed by atoms with Crippen LogP contribution in [0.25, 0.3) is 0 Å². The van der Waals surface area contributed by atoms with Crippen molar-refractivity contribution in [2.45, 2.75) is 44.7 Å². The Morgan fingerprint density at radius 3 is 2.50 bits per heavy atom. The van der Waals surface area contributed by atoms with Crippen molar-refractivity contribution in [2.24, 2.45) is 0 Å². The van der Waals surface area contributed by atoms with Crippen LogP contribution in [0.2, 0.25) is 0 Å². The van der Waals surface area contributed by atoms with Crippen molar-refractivity contribution in [1.82, 2.24) is 10.6 Å². The minimum atomic E-state index is -0.638. The summed E-state index contributed by atoms with van der Waals surface area (Å²) >= 11 is 3.44. The van der Waals surface area contributed by atoms with E-state index in [1.54, 1.807) is 23.5 Å². The molecule has 0 heterocycles. The van der Waals surface area contributed by atoms with Gasteiger partial charge >= 0.3 is 5.97 Å². The van der Waals surface area contributed by atoms with Crippen LogP contribution < -0.4 is 10.6 Å². The van der Waals surface area contributed by atoms with Crippen molar-refractivity contribution in [3.8, 4) is 0 Å². The Hall–Kier alpha value is -1.44. The molecular weight excluding hydrogens is 416 g/mol. The predicted octanol–water partition coefficient (Wildman–Crippen LogP) is 3.88. The predicted molar refractivity (Wildman–Crippen MR) is 131 cm³/mol. The van der Waals surface area contributed by atoms with E-state index in [1.807, 2.05) is 25.4 Å². The minimum Gasteiger partial charge on any atom is -0.467 e. The standard InChI is InChI=1S/C23H36N2O3S2/c1-16(2)19-11-10-17(8-7-9-18(24-3)15-30-6)14-20(19)22(26)25-21(12-13-29-5)23(27)28-4/h7,9-11,14,16,18,21,24H,8,12-13,15H2,1-6H3,(H,25,26)/b9-7+/t18-,21+/m1/s1. The van der Waals surface area contributed by atoms with Gasteiger partial charge in [-0.2, -0.15) is 23.5 Å². The van der Waals surface area contributed by atoms with Crippen LogP contribution >= 0.6 is 23.5 Å². The number of nitrogens with one attached hydrogen (secondary N) is 2. The van der Waals surface area contributed by atoms with Crippen molar-refractivity contribution in [2.75, 3.05) is 38.2 Å². The molecule has 1 aromatic rings. The number of hydrogen-bond acceptors (Lipinski definition) is 6. The number of hydrogen-bond donors (Lipinski definition) is 2. The van der Waals surface area contributed by atoms with Gasteiger partial charge in [-0.25, -0.2) is 4.79 Å². The fourth-order valence-electron chi connectivity index (χ4n) is 3.08. The lowest BCUT2D eigenvalue weighted by Crippen LogP contribution is -2.42. The highest BCUT2D eigenvalue weighted by molar-refractivity contribution is 7.98. The molecule has 0 bridgehead atoms. The number of carbonyl (C=O) groups is 2. The first-order valence-corrected chi connectivity index (χ1v) is 13.0. The van der Waals surface area contributed by atoms with Gasteiger partial charge in [-0.05, 0) is 61.3 Å². The summed E-state index contributed by atoms with van der Waals surface area (Å²) < 4.78 is 4.87. The molecule has 1 amide bonds. The van der Waals surface area contributed by atoms with E-state index in [0.717, 1.165) is 29.1 Å². The zero-order valence-electron chi connectivity index (χ0n) is 19.0. The summed E-state index contributed by atoms with van der Waals surface area (Å²) in [5.41, 5.74) is 2.67. The molecule has 2 N–H and O–H groups in total. The van der Waals surface area contributed by atoms with Crippen molar-refractivity contribution in [3.63, 3.8) is 0 Å². The molecule has 0 spiro atoms. The van der Waals surface area contributed by atoms with Gasteiger partial charge in [0.1, 0.15) is 6.04 Å². The first kappa shape index (κ1) is 26.6. The fourth-order valence-corrected chi connectivity index (χ4v) is 4.18. The molecule has 0 saturated carbocycles. The molecule has 0 fully saturated rings. The van der Waals surface area contributed by atoms with Crippen LogP contribution in [0.3, 0.4) is 0 Å². The summed E-state index contributed by atoms with van der Waals surface area (Å²) in [7, 11) is 3.31. The number of ether oxygens (including phenoxy) is 1. The Morgan fingerprint density at radius 1 is 1.20 bits per heavy atom. The van der Waals surface area contributed by atoms with E-state index in [0.29, 0.717) is 18.0 Å². The van der Waals surface area contributed by atoms with Crippen LogP contribution in [0.5, 0.6) is 0 Å². The second-order valence-electron chi connectivity index (χ2n) is 7.39. The smallest absolute Gasteiger partial charge is 0.328 e. The molecule has 7 heteroatoms. The lowest BCUT2D eigenvalue weighted by molar-refractivity contribution is -0.142. The summed E-state index contributed by atoms with van der Waals surface area (Å²) in [6, 6.07) is 5.73. The number of rotatable bonds is 13. The van der Waals surface area contributed by atoms with Crippen LogP contribution in [0.15, 0.2) is 30.4 Å². The highest BCUT2D eigenvalue weighted by Crippen LogP contribution is 2.22. The Labute approximate surface area is 190 Å². The van der Waals surface area contributed by atoms with Crippen LogP contribution in [0.4, 0.5) is 0 Å². The van der Waals surface area contributed by atoms with E-state index in [-0.39, 0.29) is 11.8 Å². The Balaban J connectivity index is 3.04. The largest absolute Gasteiger partial charge is 0.467 e. The summed E-state index contributed by atoms with van der Waals surface area (Å²) in [6.07, 6.45) is 9.66. The molecule has 0 unspecified atom stereocenters. The first-order chi connectivity index (χ1) is 14.4. The minimum absolute atomic E-state index is 0.202. The van der Waals surface area contributed by atoms with E-state index >= 15 is 0 Å². The Bertz CT molecular complexity index is 708. The second kappa shape index (κ2) is 14.5. The molecule has 0 aliphatic rings. The maximum Gasteiger partial charge on any atom is 0.328 e. The second-order valence-corrected chi connectivity index (χ2v) is 9.29. The van der Waals surface area contributed by atoms with E-state index in [9.17, 15) is 9.59 Å². The van der Waals surface area contributed by atoms with Crippen LogP contribution in [-0.4, -0.2) is 62.1 Å².